The second-order valence-corrected chi connectivity index (χ2v) is 20.2. The van der Waals surface area contributed by atoms with E-state index in [0.717, 1.165) is 29.9 Å². The number of nitrogens with zero attached hydrogens (tertiary/aromatic N) is 2. The van der Waals surface area contributed by atoms with Gasteiger partial charge in [0.15, 0.2) is 0 Å². The van der Waals surface area contributed by atoms with E-state index >= 15 is 0 Å². The molecule has 66 heavy (non-hydrogen) atoms. The Labute approximate surface area is 394 Å². The van der Waals surface area contributed by atoms with Crippen molar-refractivity contribution in [2.75, 3.05) is 13.1 Å². The first kappa shape index (κ1) is 52.2. The molecule has 2 aliphatic heterocycles. The van der Waals surface area contributed by atoms with Crippen molar-refractivity contribution in [1.29, 1.82) is 0 Å². The van der Waals surface area contributed by atoms with Crippen molar-refractivity contribution in [2.45, 2.75) is 193 Å². The number of carboxylic acid groups (broad SMARTS) is 1. The van der Waals surface area contributed by atoms with Crippen molar-refractivity contribution in [3.8, 4) is 0 Å². The van der Waals surface area contributed by atoms with E-state index in [0.29, 0.717) is 37.5 Å². The van der Waals surface area contributed by atoms with Crippen LogP contribution in [0.25, 0.3) is 0 Å². The molecule has 0 bridgehead atoms. The Morgan fingerprint density at radius 2 is 1.21 bits per heavy atom. The number of amides is 5. The van der Waals surface area contributed by atoms with Gasteiger partial charge in [-0.25, -0.2) is 4.79 Å². The van der Waals surface area contributed by atoms with Gasteiger partial charge in [0.05, 0.1) is 6.04 Å². The Morgan fingerprint density at radius 1 is 0.667 bits per heavy atom. The maximum Gasteiger partial charge on any atom is 0.326 e. The van der Waals surface area contributed by atoms with Crippen LogP contribution in [0.1, 0.15) is 154 Å². The van der Waals surface area contributed by atoms with E-state index in [2.05, 4.69) is 41.9 Å². The first-order valence-corrected chi connectivity index (χ1v) is 25.2. The molecule has 1 saturated carbocycles. The molecule has 3 aliphatic rings. The van der Waals surface area contributed by atoms with Crippen LogP contribution in [0.3, 0.4) is 0 Å². The number of carbonyl (C=O) groups is 6. The molecule has 364 valence electrons. The highest BCUT2D eigenvalue weighted by Gasteiger charge is 2.42. The lowest BCUT2D eigenvalue weighted by Gasteiger charge is -2.38. The van der Waals surface area contributed by atoms with Gasteiger partial charge < -0.3 is 36.6 Å². The molecule has 2 aromatic rings. The Hall–Kier alpha value is -4.78. The quantitative estimate of drug-likeness (QED) is 0.101. The van der Waals surface area contributed by atoms with E-state index in [4.69, 9.17) is 5.73 Å². The Bertz CT molecular complexity index is 1900. The molecule has 0 spiro atoms. The van der Waals surface area contributed by atoms with Crippen LogP contribution in [0.4, 0.5) is 0 Å². The molecule has 1 aliphatic carbocycles. The molecule has 7 atom stereocenters. The fraction of sp³-hybridized carbons (Fsp3) is 0.660. The second kappa shape index (κ2) is 25.4. The molecule has 2 saturated heterocycles. The number of hydrogen-bond acceptors (Lipinski definition) is 7. The van der Waals surface area contributed by atoms with E-state index in [1.165, 1.54) is 86.0 Å². The summed E-state index contributed by atoms with van der Waals surface area (Å²) in [5, 5.41) is 18.2. The Balaban J connectivity index is 1.13. The van der Waals surface area contributed by atoms with E-state index < -0.39 is 71.8 Å². The molecular weight excluding hydrogens is 833 g/mol. The predicted molar refractivity (Wildman–Crippen MR) is 258 cm³/mol. The van der Waals surface area contributed by atoms with Crippen LogP contribution in [0.15, 0.2) is 54.6 Å². The molecule has 5 rings (SSSR count). The largest absolute Gasteiger partial charge is 0.480 e. The summed E-state index contributed by atoms with van der Waals surface area (Å²) < 4.78 is 0. The number of nitrogens with two attached hydrogens (primary N) is 1. The summed E-state index contributed by atoms with van der Waals surface area (Å²) >= 11 is 0. The minimum atomic E-state index is -1.09. The van der Waals surface area contributed by atoms with Crippen molar-refractivity contribution in [2.24, 2.45) is 23.0 Å². The lowest BCUT2D eigenvalue weighted by atomic mass is 9.67. The van der Waals surface area contributed by atoms with Gasteiger partial charge in [-0.3, -0.25) is 24.0 Å². The summed E-state index contributed by atoms with van der Waals surface area (Å²) in [6, 6.07) is 11.8. The number of likely N-dealkylation sites (tertiary alicyclic amines) is 2. The first-order chi connectivity index (χ1) is 31.6. The highest BCUT2D eigenvalue weighted by molar-refractivity contribution is 5.96. The van der Waals surface area contributed by atoms with Gasteiger partial charge in [-0.15, -0.1) is 0 Å². The number of benzene rings is 2. The zero-order chi connectivity index (χ0) is 47.8. The van der Waals surface area contributed by atoms with Gasteiger partial charge in [-0.2, -0.15) is 0 Å². The average Bonchev–Trinajstić information content (AvgIpc) is 4.00. The van der Waals surface area contributed by atoms with Crippen LogP contribution >= 0.6 is 0 Å². The number of aryl methyl sites for hydroxylation is 1. The molecule has 0 aromatic heterocycles. The second-order valence-electron chi connectivity index (χ2n) is 20.2. The van der Waals surface area contributed by atoms with Gasteiger partial charge in [-0.05, 0) is 98.7 Å². The van der Waals surface area contributed by atoms with E-state index in [1.807, 2.05) is 42.5 Å². The van der Waals surface area contributed by atoms with Gasteiger partial charge in [0.2, 0.25) is 29.5 Å². The molecule has 0 radical (unpaired) electrons. The predicted octanol–water partition coefficient (Wildman–Crippen LogP) is 6.88. The third kappa shape index (κ3) is 14.6. The number of carboxylic acids is 1. The molecule has 3 fully saturated rings. The molecule has 13 nitrogen and oxygen atoms in total. The highest BCUT2D eigenvalue weighted by atomic mass is 16.4. The number of carbonyl (C=O) groups excluding carboxylic acids is 5. The highest BCUT2D eigenvalue weighted by Crippen LogP contribution is 2.42. The van der Waals surface area contributed by atoms with Crippen molar-refractivity contribution < 1.29 is 33.9 Å². The van der Waals surface area contributed by atoms with Crippen LogP contribution in [0, 0.1) is 17.3 Å². The van der Waals surface area contributed by atoms with E-state index in [1.54, 1.807) is 20.8 Å². The van der Waals surface area contributed by atoms with Gasteiger partial charge in [0, 0.05) is 19.5 Å². The average molecular weight is 913 g/mol. The lowest BCUT2D eigenvalue weighted by molar-refractivity contribution is -0.149. The summed E-state index contributed by atoms with van der Waals surface area (Å²) in [6.07, 6.45) is 19.2. The molecular formula is C53H80N6O7. The molecule has 13 heteroatoms. The van der Waals surface area contributed by atoms with Crippen LogP contribution in [0.2, 0.25) is 0 Å². The van der Waals surface area contributed by atoms with Crippen LogP contribution in [-0.2, 0) is 48.0 Å². The standard InChI is InChI=1S/C53H80N6O7/c1-6-53(5,41-22-16-11-9-7-8-10-12-17-23-41)31-30-38-26-28-40(29-27-38)34-42(54)47(60)57-46(36(2)3)49(62)55-37(4)50(63)58-32-18-24-44(58)48(61)56-43(35-39-20-14-13-15-21-39)51(64)59-33-19-25-45(59)52(65)66/h13-15,20-21,26-29,36-37,41-46H,6-12,16-19,22-25,30-35,54H2,1-5H3,(H,55,62)(H,56,61)(H,57,60)(H,65,66)/t37-,42-,43-,44-,45?,46-,53?/m0/s1. The fourth-order valence-corrected chi connectivity index (χ4v) is 10.5. The minimum absolute atomic E-state index is 0.151. The van der Waals surface area contributed by atoms with Gasteiger partial charge in [-0.1, -0.05) is 140 Å². The third-order valence-corrected chi connectivity index (χ3v) is 15.0. The Morgan fingerprint density at radius 3 is 1.79 bits per heavy atom. The van der Waals surface area contributed by atoms with Crippen molar-refractivity contribution >= 4 is 35.5 Å². The SMILES string of the molecule is CCC(C)(CCc1ccc(C[C@H](N)C(=O)N[C@H](C(=O)N[C@@H](C)C(=O)N2CCC[C@H]2C(=O)N[C@@H](Cc2ccccc2)C(=O)N2CCCC2C(=O)O)C(C)C)cc1)C1CCCCCCCCCC1. The fourth-order valence-electron chi connectivity index (χ4n) is 10.5. The summed E-state index contributed by atoms with van der Waals surface area (Å²) in [5.41, 5.74) is 9.76. The molecule has 2 aromatic carbocycles. The number of aliphatic carboxylic acids is 1. The van der Waals surface area contributed by atoms with Crippen LogP contribution < -0.4 is 21.7 Å². The van der Waals surface area contributed by atoms with Crippen molar-refractivity contribution in [3.05, 3.63) is 71.3 Å². The summed E-state index contributed by atoms with van der Waals surface area (Å²) in [5.74, 6) is -3.11. The van der Waals surface area contributed by atoms with Crippen LogP contribution in [0.5, 0.6) is 0 Å². The van der Waals surface area contributed by atoms with Gasteiger partial charge >= 0.3 is 5.97 Å². The molecule has 2 unspecified atom stereocenters. The van der Waals surface area contributed by atoms with Crippen molar-refractivity contribution in [3.63, 3.8) is 0 Å². The monoisotopic (exact) mass is 913 g/mol. The maximum absolute atomic E-state index is 13.9. The van der Waals surface area contributed by atoms with Crippen molar-refractivity contribution in [1.82, 2.24) is 25.8 Å². The number of rotatable bonds is 19. The maximum atomic E-state index is 13.9. The summed E-state index contributed by atoms with van der Waals surface area (Å²) in [6.45, 7) is 10.6. The third-order valence-electron chi connectivity index (χ3n) is 15.0. The van der Waals surface area contributed by atoms with Gasteiger partial charge in [0.1, 0.15) is 30.2 Å². The normalized spacial score (nSPS) is 21.4. The summed E-state index contributed by atoms with van der Waals surface area (Å²) in [7, 11) is 0. The lowest BCUT2D eigenvalue weighted by Crippen LogP contribution is -2.59. The smallest absolute Gasteiger partial charge is 0.326 e. The van der Waals surface area contributed by atoms with Gasteiger partial charge in [0.25, 0.3) is 0 Å². The first-order valence-electron chi connectivity index (χ1n) is 25.2. The van der Waals surface area contributed by atoms with E-state index in [-0.39, 0.29) is 25.4 Å². The minimum Gasteiger partial charge on any atom is -0.480 e. The van der Waals surface area contributed by atoms with E-state index in [9.17, 15) is 33.9 Å². The summed E-state index contributed by atoms with van der Waals surface area (Å²) in [4.78, 5) is 83.5. The number of hydrogen-bond donors (Lipinski definition) is 5. The molecule has 6 N–H and O–H groups in total. The van der Waals surface area contributed by atoms with Crippen LogP contribution in [-0.4, -0.2) is 99.8 Å². The Kier molecular flexibility index (Phi) is 20.1. The number of nitrogens with one attached hydrogen (secondary N) is 3. The topological polar surface area (TPSA) is 191 Å². The zero-order valence-electron chi connectivity index (χ0n) is 40.5. The molecule has 2 heterocycles. The zero-order valence-corrected chi connectivity index (χ0v) is 40.5. The molecule has 5 amide bonds.